The number of rotatable bonds is 7. The van der Waals surface area contributed by atoms with Crippen molar-refractivity contribution < 1.29 is 9.59 Å². The minimum atomic E-state index is -0.636. The van der Waals surface area contributed by atoms with Crippen molar-refractivity contribution in [3.05, 3.63) is 53.1 Å². The Bertz CT molecular complexity index is 836. The lowest BCUT2D eigenvalue weighted by molar-refractivity contribution is -0.114. The Hall–Kier alpha value is -2.69. The van der Waals surface area contributed by atoms with Crippen LogP contribution in [0.15, 0.2) is 47.4 Å². The highest BCUT2D eigenvalue weighted by Gasteiger charge is 2.11. The normalized spacial score (nSPS) is 9.92. The van der Waals surface area contributed by atoms with E-state index in [4.69, 9.17) is 22.6 Å². The van der Waals surface area contributed by atoms with Gasteiger partial charge in [0.05, 0.1) is 29.6 Å². The van der Waals surface area contributed by atoms with Crippen LogP contribution in [-0.2, 0) is 4.79 Å². The summed E-state index contributed by atoms with van der Waals surface area (Å²) < 4.78 is 0. The van der Waals surface area contributed by atoms with Gasteiger partial charge in [-0.15, -0.1) is 11.8 Å². The maximum atomic E-state index is 12.2. The van der Waals surface area contributed by atoms with Gasteiger partial charge in [-0.25, -0.2) is 0 Å². The van der Waals surface area contributed by atoms with Crippen LogP contribution in [0.25, 0.3) is 0 Å². The van der Waals surface area contributed by atoms with Gasteiger partial charge in [0.2, 0.25) is 5.91 Å². The number of nitrogens with two attached hydrogens (primary N) is 1. The van der Waals surface area contributed by atoms with Crippen LogP contribution in [0.5, 0.6) is 0 Å². The highest BCUT2D eigenvalue weighted by molar-refractivity contribution is 7.99. The number of primary amides is 1. The van der Waals surface area contributed by atoms with Crippen molar-refractivity contribution in [2.75, 3.05) is 22.9 Å². The summed E-state index contributed by atoms with van der Waals surface area (Å²) in [6.45, 7) is -0.0564. The minimum absolute atomic E-state index is 0.0564. The van der Waals surface area contributed by atoms with Gasteiger partial charge < -0.3 is 16.4 Å². The smallest absolute Gasteiger partial charge is 0.250 e. The average molecular weight is 375 g/mol. The molecule has 2 aromatic carbocycles. The van der Waals surface area contributed by atoms with Gasteiger partial charge in [0.1, 0.15) is 0 Å². The van der Waals surface area contributed by atoms with E-state index < -0.39 is 5.91 Å². The molecule has 6 nitrogen and oxygen atoms in total. The molecule has 0 atom stereocenters. The van der Waals surface area contributed by atoms with Crippen LogP contribution < -0.4 is 16.4 Å². The molecule has 8 heteroatoms. The first-order chi connectivity index (χ1) is 12.0. The Morgan fingerprint density at radius 2 is 1.96 bits per heavy atom. The van der Waals surface area contributed by atoms with Crippen molar-refractivity contribution in [3.63, 3.8) is 0 Å². The van der Waals surface area contributed by atoms with Crippen LogP contribution in [0.1, 0.15) is 10.4 Å². The number of carbonyl (C=O) groups excluding carboxylic acids is 2. The summed E-state index contributed by atoms with van der Waals surface area (Å²) in [7, 11) is 0. The topological polar surface area (TPSA) is 108 Å². The molecule has 0 heterocycles. The molecule has 0 fully saturated rings. The Morgan fingerprint density at radius 3 is 2.68 bits per heavy atom. The fourth-order valence-electron chi connectivity index (χ4n) is 2.05. The lowest BCUT2D eigenvalue weighted by Gasteiger charge is -2.12. The minimum Gasteiger partial charge on any atom is -0.375 e. The van der Waals surface area contributed by atoms with Gasteiger partial charge in [0.25, 0.3) is 5.91 Å². The lowest BCUT2D eigenvalue weighted by atomic mass is 10.1. The summed E-state index contributed by atoms with van der Waals surface area (Å²) in [6.07, 6.45) is 0. The van der Waals surface area contributed by atoms with Crippen molar-refractivity contribution in [1.82, 2.24) is 0 Å². The number of thioether (sulfide) groups is 1. The number of hydrogen-bond acceptors (Lipinski definition) is 5. The van der Waals surface area contributed by atoms with Crippen LogP contribution >= 0.6 is 23.4 Å². The quantitative estimate of drug-likeness (QED) is 0.645. The van der Waals surface area contributed by atoms with E-state index in [-0.39, 0.29) is 23.8 Å². The molecule has 2 amide bonds. The molecule has 0 radical (unpaired) electrons. The van der Waals surface area contributed by atoms with E-state index in [1.807, 2.05) is 18.2 Å². The zero-order valence-corrected chi connectivity index (χ0v) is 14.7. The molecule has 0 aliphatic carbocycles. The third-order valence-corrected chi connectivity index (χ3v) is 4.32. The van der Waals surface area contributed by atoms with Gasteiger partial charge in [-0.2, -0.15) is 5.26 Å². The van der Waals surface area contributed by atoms with E-state index >= 15 is 0 Å². The van der Waals surface area contributed by atoms with Crippen molar-refractivity contribution >= 4 is 46.6 Å². The first-order valence-corrected chi connectivity index (χ1v) is 8.59. The third kappa shape index (κ3) is 5.41. The van der Waals surface area contributed by atoms with Crippen molar-refractivity contribution in [2.45, 2.75) is 4.90 Å². The molecule has 0 unspecified atom stereocenters. The molecule has 0 spiro atoms. The largest absolute Gasteiger partial charge is 0.375 e. The lowest BCUT2D eigenvalue weighted by Crippen LogP contribution is -2.23. The molecule has 0 aliphatic heterocycles. The molecule has 128 valence electrons. The summed E-state index contributed by atoms with van der Waals surface area (Å²) >= 11 is 7.19. The number of carbonyl (C=O) groups is 2. The zero-order chi connectivity index (χ0) is 18.2. The number of halogens is 1. The van der Waals surface area contributed by atoms with Crippen LogP contribution in [0.2, 0.25) is 5.02 Å². The van der Waals surface area contributed by atoms with Gasteiger partial charge in [0, 0.05) is 15.6 Å². The summed E-state index contributed by atoms with van der Waals surface area (Å²) in [5, 5.41) is 14.7. The predicted molar refractivity (Wildman–Crippen MR) is 99.9 cm³/mol. The van der Waals surface area contributed by atoms with Gasteiger partial charge in [0.15, 0.2) is 0 Å². The number of para-hydroxylation sites is 1. The van der Waals surface area contributed by atoms with Crippen LogP contribution in [0.4, 0.5) is 11.4 Å². The fourth-order valence-corrected chi connectivity index (χ4v) is 2.89. The van der Waals surface area contributed by atoms with E-state index in [0.29, 0.717) is 16.4 Å². The van der Waals surface area contributed by atoms with Gasteiger partial charge in [-0.3, -0.25) is 9.59 Å². The molecule has 0 saturated heterocycles. The standard InChI is InChI=1S/C17H15ClN4O2S/c18-11-5-6-13(12(9-11)17(20)24)21-10-16(23)22-14-3-1-2-4-15(14)25-8-7-19/h1-6,9,21H,8,10H2,(H2,20,24)(H,22,23). The van der Waals surface area contributed by atoms with Crippen molar-refractivity contribution in [3.8, 4) is 6.07 Å². The zero-order valence-electron chi connectivity index (χ0n) is 13.1. The number of hydrogen-bond donors (Lipinski definition) is 3. The van der Waals surface area contributed by atoms with Crippen molar-refractivity contribution in [2.24, 2.45) is 5.73 Å². The SMILES string of the molecule is N#CCSc1ccccc1NC(=O)CNc1ccc(Cl)cc1C(N)=O. The highest BCUT2D eigenvalue weighted by atomic mass is 35.5. The number of nitrogens with zero attached hydrogens (tertiary/aromatic N) is 1. The van der Waals surface area contributed by atoms with E-state index in [9.17, 15) is 9.59 Å². The number of nitriles is 1. The number of nitrogens with one attached hydrogen (secondary N) is 2. The number of amides is 2. The van der Waals surface area contributed by atoms with Crippen LogP contribution in [0.3, 0.4) is 0 Å². The second kappa shape index (κ2) is 8.97. The first kappa shape index (κ1) is 18.6. The Kier molecular flexibility index (Phi) is 6.69. The molecular formula is C17H15ClN4O2S. The summed E-state index contributed by atoms with van der Waals surface area (Å²) in [6, 6.07) is 13.9. The Morgan fingerprint density at radius 1 is 1.20 bits per heavy atom. The van der Waals surface area contributed by atoms with E-state index in [1.54, 1.807) is 24.3 Å². The highest BCUT2D eigenvalue weighted by Crippen LogP contribution is 2.26. The fraction of sp³-hybridized carbons (Fsp3) is 0.118. The monoisotopic (exact) mass is 374 g/mol. The third-order valence-electron chi connectivity index (χ3n) is 3.14. The Labute approximate surface area is 154 Å². The molecule has 0 saturated carbocycles. The predicted octanol–water partition coefficient (Wildman–Crippen LogP) is 3.11. The molecular weight excluding hydrogens is 360 g/mol. The van der Waals surface area contributed by atoms with E-state index in [2.05, 4.69) is 10.6 Å². The van der Waals surface area contributed by atoms with Crippen LogP contribution in [0, 0.1) is 11.3 Å². The second-order valence-electron chi connectivity index (χ2n) is 4.90. The molecule has 4 N–H and O–H groups in total. The van der Waals surface area contributed by atoms with Gasteiger partial charge in [-0.1, -0.05) is 23.7 Å². The summed E-state index contributed by atoms with van der Waals surface area (Å²) in [4.78, 5) is 24.4. The molecule has 0 aromatic heterocycles. The molecule has 2 rings (SSSR count). The molecule has 25 heavy (non-hydrogen) atoms. The van der Waals surface area contributed by atoms with E-state index in [1.165, 1.54) is 17.8 Å². The Balaban J connectivity index is 2.03. The first-order valence-electron chi connectivity index (χ1n) is 7.23. The van der Waals surface area contributed by atoms with Crippen LogP contribution in [-0.4, -0.2) is 24.1 Å². The van der Waals surface area contributed by atoms with E-state index in [0.717, 1.165) is 4.90 Å². The summed E-state index contributed by atoms with van der Waals surface area (Å²) in [5.74, 6) is -0.642. The summed E-state index contributed by atoms with van der Waals surface area (Å²) in [5.41, 5.74) is 6.58. The van der Waals surface area contributed by atoms with Gasteiger partial charge >= 0.3 is 0 Å². The second-order valence-corrected chi connectivity index (χ2v) is 6.35. The van der Waals surface area contributed by atoms with Gasteiger partial charge in [-0.05, 0) is 30.3 Å². The van der Waals surface area contributed by atoms with Crippen molar-refractivity contribution in [1.29, 1.82) is 5.26 Å². The molecule has 0 bridgehead atoms. The number of anilines is 2. The number of benzene rings is 2. The maximum absolute atomic E-state index is 12.2. The molecule has 0 aliphatic rings. The average Bonchev–Trinajstić information content (AvgIpc) is 2.59. The maximum Gasteiger partial charge on any atom is 0.250 e. The molecule has 2 aromatic rings.